The Morgan fingerprint density at radius 2 is 2.03 bits per heavy atom. The van der Waals surface area contributed by atoms with Crippen molar-refractivity contribution in [2.24, 2.45) is 5.92 Å². The van der Waals surface area contributed by atoms with Crippen molar-refractivity contribution in [1.82, 2.24) is 20.2 Å². The number of hydrogen-bond donors (Lipinski definition) is 2. The van der Waals surface area contributed by atoms with E-state index in [2.05, 4.69) is 51.4 Å². The van der Waals surface area contributed by atoms with Crippen molar-refractivity contribution in [2.45, 2.75) is 64.6 Å². The van der Waals surface area contributed by atoms with E-state index in [1.54, 1.807) is 11.3 Å². The molecule has 0 unspecified atom stereocenters. The number of carbonyl (C=O) groups is 1. The van der Waals surface area contributed by atoms with E-state index in [-0.39, 0.29) is 16.7 Å². The Labute approximate surface area is 209 Å². The van der Waals surface area contributed by atoms with Crippen LogP contribution in [0.1, 0.15) is 54.1 Å². The number of likely N-dealkylation sites (tertiary alicyclic amines) is 1. The molecule has 1 saturated heterocycles. The number of carbonyl (C=O) groups excluding carboxylic acids is 1. The molecule has 4 rings (SSSR count). The zero-order chi connectivity index (χ0) is 24.2. The van der Waals surface area contributed by atoms with Gasteiger partial charge < -0.3 is 10.3 Å². The fraction of sp³-hybridized carbons (Fsp3) is 0.500. The summed E-state index contributed by atoms with van der Waals surface area (Å²) in [6.45, 7) is 12.0. The third-order valence-electron chi connectivity index (χ3n) is 6.56. The highest BCUT2D eigenvalue weighted by molar-refractivity contribution is 7.99. The zero-order valence-corrected chi connectivity index (χ0v) is 22.1. The third-order valence-corrected chi connectivity index (χ3v) is 8.82. The fourth-order valence-electron chi connectivity index (χ4n) is 4.43. The Kier molecular flexibility index (Phi) is 8.11. The second kappa shape index (κ2) is 11.1. The summed E-state index contributed by atoms with van der Waals surface area (Å²) in [6, 6.07) is 8.56. The molecule has 6 nitrogen and oxygen atoms in total. The van der Waals surface area contributed by atoms with E-state index in [1.807, 2.05) is 20.8 Å². The number of aryl methyl sites for hydroxylation is 2. The van der Waals surface area contributed by atoms with Gasteiger partial charge in [0, 0.05) is 24.5 Å². The Morgan fingerprint density at radius 1 is 1.29 bits per heavy atom. The smallest absolute Gasteiger partial charge is 0.259 e. The predicted molar refractivity (Wildman–Crippen MR) is 142 cm³/mol. The van der Waals surface area contributed by atoms with Gasteiger partial charge in [-0.1, -0.05) is 31.2 Å². The van der Waals surface area contributed by atoms with E-state index in [0.29, 0.717) is 23.5 Å². The maximum atomic E-state index is 12.6. The number of thiophene rings is 1. The standard InChI is InChI=1S/C26H34N4O2S2/c1-16-6-5-11-30(13-16)14-21-9-7-20(8-10-21)12-27-24(31)19(4)33-15-22-28-25(32)23-17(2)18(3)34-26(23)29-22/h7-10,16,19H,5-6,11-15H2,1-4H3,(H,27,31)(H,28,29,32)/t16-,19+/m1/s1. The lowest BCUT2D eigenvalue weighted by molar-refractivity contribution is -0.120. The largest absolute Gasteiger partial charge is 0.351 e. The van der Waals surface area contributed by atoms with Crippen molar-refractivity contribution in [3.63, 3.8) is 0 Å². The molecule has 182 valence electrons. The van der Waals surface area contributed by atoms with Crippen molar-refractivity contribution in [1.29, 1.82) is 0 Å². The number of hydrogen-bond acceptors (Lipinski definition) is 6. The maximum Gasteiger partial charge on any atom is 0.259 e. The Balaban J connectivity index is 1.25. The number of H-pyrrole nitrogens is 1. The topological polar surface area (TPSA) is 78.1 Å². The van der Waals surface area contributed by atoms with Crippen molar-refractivity contribution >= 4 is 39.2 Å². The average molecular weight is 499 g/mol. The van der Waals surface area contributed by atoms with E-state index >= 15 is 0 Å². The van der Waals surface area contributed by atoms with Crippen molar-refractivity contribution in [3.8, 4) is 0 Å². The molecule has 1 fully saturated rings. The number of amides is 1. The van der Waals surface area contributed by atoms with Crippen molar-refractivity contribution in [2.75, 3.05) is 13.1 Å². The summed E-state index contributed by atoms with van der Waals surface area (Å²) in [4.78, 5) is 36.9. The van der Waals surface area contributed by atoms with Crippen LogP contribution in [0.2, 0.25) is 0 Å². The molecule has 8 heteroatoms. The lowest BCUT2D eigenvalue weighted by atomic mass is 9.99. The van der Waals surface area contributed by atoms with Crippen LogP contribution < -0.4 is 10.9 Å². The highest BCUT2D eigenvalue weighted by Crippen LogP contribution is 2.26. The zero-order valence-electron chi connectivity index (χ0n) is 20.4. The molecule has 2 atom stereocenters. The minimum atomic E-state index is -0.242. The Bertz CT molecular complexity index is 1200. The molecule has 1 aliphatic rings. The van der Waals surface area contributed by atoms with Crippen molar-refractivity contribution < 1.29 is 4.79 Å². The number of piperidine rings is 1. The first-order chi connectivity index (χ1) is 16.3. The molecule has 2 aromatic heterocycles. The van der Waals surface area contributed by atoms with Gasteiger partial charge >= 0.3 is 0 Å². The van der Waals surface area contributed by atoms with E-state index < -0.39 is 0 Å². The normalized spacial score (nSPS) is 17.7. The summed E-state index contributed by atoms with van der Waals surface area (Å²) in [6.07, 6.45) is 2.62. The van der Waals surface area contributed by atoms with E-state index in [0.717, 1.165) is 33.3 Å². The van der Waals surface area contributed by atoms with E-state index in [9.17, 15) is 9.59 Å². The maximum absolute atomic E-state index is 12.6. The quantitative estimate of drug-likeness (QED) is 0.468. The van der Waals surface area contributed by atoms with Crippen LogP contribution in [0.4, 0.5) is 0 Å². The minimum Gasteiger partial charge on any atom is -0.351 e. The van der Waals surface area contributed by atoms with Gasteiger partial charge in [0.1, 0.15) is 10.7 Å². The molecule has 1 amide bonds. The Morgan fingerprint density at radius 3 is 2.76 bits per heavy atom. The van der Waals surface area contributed by atoms with Gasteiger partial charge in [0.15, 0.2) is 0 Å². The molecule has 1 aliphatic heterocycles. The summed E-state index contributed by atoms with van der Waals surface area (Å²) < 4.78 is 0. The van der Waals surface area contributed by atoms with Gasteiger partial charge in [-0.2, -0.15) is 0 Å². The van der Waals surface area contributed by atoms with Gasteiger partial charge in [-0.05, 0) is 62.8 Å². The molecule has 34 heavy (non-hydrogen) atoms. The highest BCUT2D eigenvalue weighted by atomic mass is 32.2. The molecule has 0 spiro atoms. The van der Waals surface area contributed by atoms with Crippen LogP contribution in [0.5, 0.6) is 0 Å². The molecule has 3 aromatic rings. The van der Waals surface area contributed by atoms with E-state index in [4.69, 9.17) is 0 Å². The van der Waals surface area contributed by atoms with Crippen LogP contribution in [0, 0.1) is 19.8 Å². The van der Waals surface area contributed by atoms with Gasteiger partial charge in [-0.15, -0.1) is 23.1 Å². The number of nitrogens with one attached hydrogen (secondary N) is 2. The summed E-state index contributed by atoms with van der Waals surface area (Å²) in [5.41, 5.74) is 3.32. The third kappa shape index (κ3) is 6.09. The molecule has 1 aromatic carbocycles. The first-order valence-corrected chi connectivity index (χ1v) is 13.8. The number of thioether (sulfide) groups is 1. The summed E-state index contributed by atoms with van der Waals surface area (Å²) in [5.74, 6) is 1.87. The second-order valence-corrected chi connectivity index (χ2v) is 12.0. The van der Waals surface area contributed by atoms with Crippen LogP contribution in [-0.4, -0.2) is 39.1 Å². The summed E-state index contributed by atoms with van der Waals surface area (Å²) in [7, 11) is 0. The van der Waals surface area contributed by atoms with Crippen LogP contribution in [0.25, 0.3) is 10.2 Å². The van der Waals surface area contributed by atoms with Gasteiger partial charge in [-0.3, -0.25) is 14.5 Å². The van der Waals surface area contributed by atoms with Crippen LogP contribution in [0.3, 0.4) is 0 Å². The molecule has 2 N–H and O–H groups in total. The second-order valence-electron chi connectivity index (χ2n) is 9.45. The first-order valence-electron chi connectivity index (χ1n) is 12.0. The predicted octanol–water partition coefficient (Wildman–Crippen LogP) is 4.77. The first kappa shape index (κ1) is 24.9. The fourth-order valence-corrected chi connectivity index (χ4v) is 6.26. The average Bonchev–Trinajstić information content (AvgIpc) is 3.10. The lowest BCUT2D eigenvalue weighted by Crippen LogP contribution is -2.33. The number of nitrogens with zero attached hydrogens (tertiary/aromatic N) is 2. The number of aromatic amines is 1. The molecule has 0 bridgehead atoms. The van der Waals surface area contributed by atoms with E-state index in [1.165, 1.54) is 43.3 Å². The summed E-state index contributed by atoms with van der Waals surface area (Å²) >= 11 is 3.02. The van der Waals surface area contributed by atoms with Gasteiger partial charge in [-0.25, -0.2) is 4.98 Å². The minimum absolute atomic E-state index is 0.0115. The number of fused-ring (bicyclic) bond motifs is 1. The van der Waals surface area contributed by atoms with Crippen molar-refractivity contribution in [3.05, 3.63) is 62.0 Å². The summed E-state index contributed by atoms with van der Waals surface area (Å²) in [5, 5.41) is 3.47. The van der Waals surface area contributed by atoms with Gasteiger partial charge in [0.25, 0.3) is 5.56 Å². The molecule has 0 saturated carbocycles. The number of benzene rings is 1. The number of aromatic nitrogens is 2. The van der Waals surface area contributed by atoms with Crippen LogP contribution in [-0.2, 0) is 23.6 Å². The monoisotopic (exact) mass is 498 g/mol. The molecule has 0 aliphatic carbocycles. The van der Waals surface area contributed by atoms with Crippen LogP contribution in [0.15, 0.2) is 29.1 Å². The molecular weight excluding hydrogens is 464 g/mol. The number of rotatable bonds is 8. The Hall–Kier alpha value is -2.16. The lowest BCUT2D eigenvalue weighted by Gasteiger charge is -2.30. The molecule has 3 heterocycles. The highest BCUT2D eigenvalue weighted by Gasteiger charge is 2.17. The SMILES string of the molecule is Cc1sc2nc(CS[C@@H](C)C(=O)NCc3ccc(CN4CCC[C@@H](C)C4)cc3)[nH]c(=O)c2c1C. The van der Waals surface area contributed by atoms with Gasteiger partial charge in [0.2, 0.25) is 5.91 Å². The van der Waals surface area contributed by atoms with Crippen LogP contribution >= 0.6 is 23.1 Å². The van der Waals surface area contributed by atoms with Gasteiger partial charge in [0.05, 0.1) is 16.4 Å². The molecule has 0 radical (unpaired) electrons. The molecular formula is C26H34N4O2S2.